The minimum Gasteiger partial charge on any atom is -0.314 e. The summed E-state index contributed by atoms with van der Waals surface area (Å²) < 4.78 is 0. The van der Waals surface area contributed by atoms with Crippen molar-refractivity contribution in [3.8, 4) is 0 Å². The van der Waals surface area contributed by atoms with Gasteiger partial charge in [-0.25, -0.2) is 0 Å². The number of hydrogen-bond acceptors (Lipinski definition) is 1. The molecular weight excluding hydrogens is 146 g/mol. The summed E-state index contributed by atoms with van der Waals surface area (Å²) in [5, 5.41) is 3.68. The van der Waals surface area contributed by atoms with Crippen molar-refractivity contribution >= 4 is 0 Å². The van der Waals surface area contributed by atoms with Crippen molar-refractivity contribution in [3.05, 3.63) is 0 Å². The monoisotopic (exact) mass is 167 g/mol. The molecule has 1 heteroatoms. The highest BCUT2D eigenvalue weighted by Crippen LogP contribution is 2.40. The molecule has 0 aromatic rings. The van der Waals surface area contributed by atoms with Crippen LogP contribution < -0.4 is 5.32 Å². The molecule has 12 heavy (non-hydrogen) atoms. The molecule has 0 heterocycles. The van der Waals surface area contributed by atoms with Crippen LogP contribution in [0.4, 0.5) is 0 Å². The molecule has 0 amide bonds. The van der Waals surface area contributed by atoms with Gasteiger partial charge < -0.3 is 5.32 Å². The van der Waals surface area contributed by atoms with Gasteiger partial charge in [0.1, 0.15) is 0 Å². The van der Waals surface area contributed by atoms with Crippen LogP contribution in [0.15, 0.2) is 0 Å². The summed E-state index contributed by atoms with van der Waals surface area (Å²) in [5.74, 6) is 1.02. The summed E-state index contributed by atoms with van der Waals surface area (Å²) >= 11 is 0. The van der Waals surface area contributed by atoms with E-state index in [-0.39, 0.29) is 0 Å². The van der Waals surface area contributed by atoms with Gasteiger partial charge in [0.15, 0.2) is 0 Å². The van der Waals surface area contributed by atoms with Crippen molar-refractivity contribution < 1.29 is 0 Å². The standard InChI is InChI=1S/C11H21N/c1-11(2)6-10(7-11)12-8-9-4-3-5-9/h9-10,12H,3-8H2,1-2H3. The van der Waals surface area contributed by atoms with E-state index in [0.717, 1.165) is 12.0 Å². The summed E-state index contributed by atoms with van der Waals surface area (Å²) in [6, 6.07) is 0.848. The van der Waals surface area contributed by atoms with Crippen molar-refractivity contribution in [2.45, 2.75) is 52.0 Å². The van der Waals surface area contributed by atoms with E-state index in [1.165, 1.54) is 38.6 Å². The highest BCUT2D eigenvalue weighted by molar-refractivity contribution is 4.92. The molecule has 0 spiro atoms. The third-order valence-corrected chi connectivity index (χ3v) is 3.52. The fourth-order valence-electron chi connectivity index (χ4n) is 2.45. The zero-order valence-electron chi connectivity index (χ0n) is 8.40. The van der Waals surface area contributed by atoms with Crippen LogP contribution in [0.3, 0.4) is 0 Å². The summed E-state index contributed by atoms with van der Waals surface area (Å²) in [6.07, 6.45) is 7.20. The molecule has 1 nitrogen and oxygen atoms in total. The molecule has 2 saturated carbocycles. The second kappa shape index (κ2) is 3.02. The third-order valence-electron chi connectivity index (χ3n) is 3.52. The average Bonchev–Trinajstić information content (AvgIpc) is 1.79. The van der Waals surface area contributed by atoms with Gasteiger partial charge in [-0.3, -0.25) is 0 Å². The Morgan fingerprint density at radius 2 is 1.92 bits per heavy atom. The van der Waals surface area contributed by atoms with Crippen LogP contribution in [0.1, 0.15) is 46.0 Å². The molecule has 1 N–H and O–H groups in total. The third kappa shape index (κ3) is 1.82. The van der Waals surface area contributed by atoms with Crippen molar-refractivity contribution in [1.29, 1.82) is 0 Å². The minimum atomic E-state index is 0.636. The van der Waals surface area contributed by atoms with Crippen LogP contribution >= 0.6 is 0 Å². The first-order chi connectivity index (χ1) is 5.66. The Morgan fingerprint density at radius 1 is 1.25 bits per heavy atom. The summed E-state index contributed by atoms with van der Waals surface area (Å²) in [7, 11) is 0. The van der Waals surface area contributed by atoms with Gasteiger partial charge in [0.2, 0.25) is 0 Å². The van der Waals surface area contributed by atoms with Gasteiger partial charge >= 0.3 is 0 Å². The van der Waals surface area contributed by atoms with Gasteiger partial charge in [0.05, 0.1) is 0 Å². The fraction of sp³-hybridized carbons (Fsp3) is 1.00. The summed E-state index contributed by atoms with van der Waals surface area (Å²) in [5.41, 5.74) is 0.636. The zero-order valence-corrected chi connectivity index (χ0v) is 8.40. The van der Waals surface area contributed by atoms with Gasteiger partial charge in [-0.05, 0) is 43.6 Å². The first-order valence-electron chi connectivity index (χ1n) is 5.39. The predicted molar refractivity (Wildman–Crippen MR) is 52.1 cm³/mol. The van der Waals surface area contributed by atoms with Gasteiger partial charge in [0.25, 0.3) is 0 Å². The lowest BCUT2D eigenvalue weighted by molar-refractivity contribution is 0.117. The molecule has 70 valence electrons. The van der Waals surface area contributed by atoms with E-state index in [1.807, 2.05) is 0 Å². The number of rotatable bonds is 3. The molecule has 2 rings (SSSR count). The van der Waals surface area contributed by atoms with Crippen molar-refractivity contribution in [2.75, 3.05) is 6.54 Å². The highest BCUT2D eigenvalue weighted by Gasteiger charge is 2.35. The van der Waals surface area contributed by atoms with Crippen LogP contribution in [-0.2, 0) is 0 Å². The maximum atomic E-state index is 3.68. The Morgan fingerprint density at radius 3 is 2.33 bits per heavy atom. The van der Waals surface area contributed by atoms with Crippen LogP contribution in [0.5, 0.6) is 0 Å². The maximum Gasteiger partial charge on any atom is 0.00773 e. The number of nitrogens with one attached hydrogen (secondary N) is 1. The Kier molecular flexibility index (Phi) is 2.16. The van der Waals surface area contributed by atoms with Gasteiger partial charge in [-0.2, -0.15) is 0 Å². The first-order valence-corrected chi connectivity index (χ1v) is 5.39. The molecule has 2 fully saturated rings. The molecule has 0 saturated heterocycles. The van der Waals surface area contributed by atoms with E-state index < -0.39 is 0 Å². The van der Waals surface area contributed by atoms with E-state index >= 15 is 0 Å². The second-order valence-electron chi connectivity index (χ2n) is 5.47. The van der Waals surface area contributed by atoms with Crippen LogP contribution in [0, 0.1) is 11.3 Å². The Bertz CT molecular complexity index is 150. The van der Waals surface area contributed by atoms with Gasteiger partial charge in [-0.1, -0.05) is 20.3 Å². The van der Waals surface area contributed by atoms with E-state index in [9.17, 15) is 0 Å². The Hall–Kier alpha value is -0.0400. The average molecular weight is 167 g/mol. The van der Waals surface area contributed by atoms with Gasteiger partial charge in [0, 0.05) is 6.04 Å². The smallest absolute Gasteiger partial charge is 0.00773 e. The van der Waals surface area contributed by atoms with Crippen LogP contribution in [-0.4, -0.2) is 12.6 Å². The van der Waals surface area contributed by atoms with Crippen molar-refractivity contribution in [3.63, 3.8) is 0 Å². The molecule has 2 aliphatic carbocycles. The maximum absolute atomic E-state index is 3.68. The molecular formula is C11H21N. The minimum absolute atomic E-state index is 0.636. The topological polar surface area (TPSA) is 12.0 Å². The second-order valence-corrected chi connectivity index (χ2v) is 5.47. The first kappa shape index (κ1) is 8.55. The summed E-state index contributed by atoms with van der Waals surface area (Å²) in [6.45, 7) is 6.03. The zero-order chi connectivity index (χ0) is 8.60. The fourth-order valence-corrected chi connectivity index (χ4v) is 2.45. The molecule has 0 bridgehead atoms. The normalized spacial score (nSPS) is 29.5. The Balaban J connectivity index is 1.57. The van der Waals surface area contributed by atoms with E-state index in [0.29, 0.717) is 5.41 Å². The highest BCUT2D eigenvalue weighted by atomic mass is 14.9. The molecule has 0 atom stereocenters. The Labute approximate surface area is 75.9 Å². The quantitative estimate of drug-likeness (QED) is 0.681. The summed E-state index contributed by atoms with van der Waals surface area (Å²) in [4.78, 5) is 0. The predicted octanol–water partition coefficient (Wildman–Crippen LogP) is 2.56. The number of hydrogen-bond donors (Lipinski definition) is 1. The van der Waals surface area contributed by atoms with Crippen molar-refractivity contribution in [1.82, 2.24) is 5.32 Å². The van der Waals surface area contributed by atoms with Crippen LogP contribution in [0.2, 0.25) is 0 Å². The van der Waals surface area contributed by atoms with Gasteiger partial charge in [-0.15, -0.1) is 0 Å². The molecule has 0 aliphatic heterocycles. The molecule has 0 unspecified atom stereocenters. The lowest BCUT2D eigenvalue weighted by Gasteiger charge is -2.44. The van der Waals surface area contributed by atoms with E-state index in [4.69, 9.17) is 0 Å². The molecule has 0 aromatic carbocycles. The SMILES string of the molecule is CC1(C)CC(NCC2CCC2)C1. The van der Waals surface area contributed by atoms with E-state index in [2.05, 4.69) is 19.2 Å². The molecule has 0 aromatic heterocycles. The lowest BCUT2D eigenvalue weighted by Crippen LogP contribution is -2.47. The molecule has 0 radical (unpaired) electrons. The molecule has 2 aliphatic rings. The van der Waals surface area contributed by atoms with E-state index in [1.54, 1.807) is 0 Å². The van der Waals surface area contributed by atoms with Crippen molar-refractivity contribution in [2.24, 2.45) is 11.3 Å². The largest absolute Gasteiger partial charge is 0.314 e. The lowest BCUT2D eigenvalue weighted by atomic mass is 9.68. The van der Waals surface area contributed by atoms with Crippen LogP contribution in [0.25, 0.3) is 0 Å².